The molecule has 160 valence electrons. The standard InChI is InChI=1S/C24H23N7O/c25-10-9-15-5-7-16(8-6-15)21-14-29-23(27)22(31-21)24(32)30-18-11-17(12-28-13-18)19-3-1-2-4-20(19)26/h1-8,11-14H,9-10,25-26H2,(H2,27,29)(H,30,32). The van der Waals surface area contributed by atoms with Crippen molar-refractivity contribution in [2.45, 2.75) is 6.42 Å². The van der Waals surface area contributed by atoms with E-state index in [0.717, 1.165) is 28.7 Å². The van der Waals surface area contributed by atoms with Gasteiger partial charge in [-0.05, 0) is 30.7 Å². The summed E-state index contributed by atoms with van der Waals surface area (Å²) in [6.45, 7) is 0.582. The SMILES string of the molecule is NCCc1ccc(-c2cnc(N)c(C(=O)Nc3cncc(-c4ccccc4N)c3)n2)cc1. The van der Waals surface area contributed by atoms with Gasteiger partial charge in [0.05, 0.1) is 23.8 Å². The molecule has 0 aliphatic heterocycles. The molecule has 2 aromatic heterocycles. The van der Waals surface area contributed by atoms with Crippen LogP contribution >= 0.6 is 0 Å². The average molecular weight is 425 g/mol. The van der Waals surface area contributed by atoms with Crippen molar-refractivity contribution in [1.29, 1.82) is 0 Å². The van der Waals surface area contributed by atoms with Crippen LogP contribution in [0.5, 0.6) is 0 Å². The van der Waals surface area contributed by atoms with Crippen LogP contribution in [0.15, 0.2) is 73.2 Å². The summed E-state index contributed by atoms with van der Waals surface area (Å²) < 4.78 is 0. The van der Waals surface area contributed by atoms with Crippen molar-refractivity contribution in [2.75, 3.05) is 23.3 Å². The minimum atomic E-state index is -0.475. The number of anilines is 3. The maximum atomic E-state index is 12.9. The number of carbonyl (C=O) groups excluding carboxylic acids is 1. The fourth-order valence-electron chi connectivity index (χ4n) is 3.32. The second-order valence-electron chi connectivity index (χ2n) is 7.23. The fourth-order valence-corrected chi connectivity index (χ4v) is 3.32. The number of carbonyl (C=O) groups is 1. The third-order valence-corrected chi connectivity index (χ3v) is 4.97. The minimum absolute atomic E-state index is 0.0400. The van der Waals surface area contributed by atoms with E-state index in [2.05, 4.69) is 20.3 Å². The summed E-state index contributed by atoms with van der Waals surface area (Å²) in [4.78, 5) is 25.7. The van der Waals surface area contributed by atoms with E-state index in [0.29, 0.717) is 23.6 Å². The molecule has 0 spiro atoms. The van der Waals surface area contributed by atoms with Gasteiger partial charge >= 0.3 is 0 Å². The van der Waals surface area contributed by atoms with E-state index in [1.54, 1.807) is 24.7 Å². The molecular weight excluding hydrogens is 402 g/mol. The van der Waals surface area contributed by atoms with Crippen molar-refractivity contribution in [3.05, 3.63) is 84.4 Å². The number of nitrogen functional groups attached to an aromatic ring is 2. The van der Waals surface area contributed by atoms with Gasteiger partial charge in [0, 0.05) is 28.6 Å². The van der Waals surface area contributed by atoms with Crippen LogP contribution in [-0.2, 0) is 6.42 Å². The zero-order valence-electron chi connectivity index (χ0n) is 17.3. The van der Waals surface area contributed by atoms with E-state index in [4.69, 9.17) is 17.2 Å². The van der Waals surface area contributed by atoms with Gasteiger partial charge in [-0.3, -0.25) is 9.78 Å². The summed E-state index contributed by atoms with van der Waals surface area (Å²) in [6, 6.07) is 17.0. The number of hydrogen-bond acceptors (Lipinski definition) is 7. The van der Waals surface area contributed by atoms with E-state index in [1.165, 1.54) is 0 Å². The Morgan fingerprint density at radius 3 is 2.47 bits per heavy atom. The van der Waals surface area contributed by atoms with Gasteiger partial charge in [0.1, 0.15) is 0 Å². The van der Waals surface area contributed by atoms with E-state index in [1.807, 2.05) is 48.5 Å². The number of aromatic nitrogens is 3. The zero-order chi connectivity index (χ0) is 22.5. The molecule has 0 fully saturated rings. The highest BCUT2D eigenvalue weighted by atomic mass is 16.1. The number of amides is 1. The van der Waals surface area contributed by atoms with Crippen molar-refractivity contribution in [2.24, 2.45) is 5.73 Å². The van der Waals surface area contributed by atoms with Crippen molar-refractivity contribution < 1.29 is 4.79 Å². The maximum absolute atomic E-state index is 12.9. The van der Waals surface area contributed by atoms with Crippen molar-refractivity contribution in [3.63, 3.8) is 0 Å². The van der Waals surface area contributed by atoms with Gasteiger partial charge in [-0.2, -0.15) is 0 Å². The fraction of sp³-hybridized carbons (Fsp3) is 0.0833. The molecule has 8 nitrogen and oxygen atoms in total. The first-order valence-electron chi connectivity index (χ1n) is 10.1. The largest absolute Gasteiger partial charge is 0.398 e. The first kappa shape index (κ1) is 21.0. The Balaban J connectivity index is 1.58. The smallest absolute Gasteiger partial charge is 0.278 e. The minimum Gasteiger partial charge on any atom is -0.398 e. The quantitative estimate of drug-likeness (QED) is 0.347. The Bertz CT molecular complexity index is 1260. The summed E-state index contributed by atoms with van der Waals surface area (Å²) >= 11 is 0. The lowest BCUT2D eigenvalue weighted by Crippen LogP contribution is -2.17. The zero-order valence-corrected chi connectivity index (χ0v) is 17.3. The van der Waals surface area contributed by atoms with Crippen LogP contribution in [0, 0.1) is 0 Å². The van der Waals surface area contributed by atoms with Crippen LogP contribution in [0.25, 0.3) is 22.4 Å². The lowest BCUT2D eigenvalue weighted by molar-refractivity contribution is 0.102. The number of nitrogens with one attached hydrogen (secondary N) is 1. The summed E-state index contributed by atoms with van der Waals surface area (Å²) in [5, 5.41) is 2.79. The molecule has 7 N–H and O–H groups in total. The Labute approximate surface area is 185 Å². The third-order valence-electron chi connectivity index (χ3n) is 4.97. The van der Waals surface area contributed by atoms with Crippen LogP contribution < -0.4 is 22.5 Å². The van der Waals surface area contributed by atoms with Gasteiger partial charge in [0.25, 0.3) is 5.91 Å². The molecule has 0 aliphatic carbocycles. The Morgan fingerprint density at radius 1 is 0.938 bits per heavy atom. The summed E-state index contributed by atoms with van der Waals surface area (Å²) in [6.07, 6.45) is 5.57. The molecule has 0 aliphatic rings. The van der Waals surface area contributed by atoms with Crippen LogP contribution in [0.4, 0.5) is 17.2 Å². The number of rotatable bonds is 6. The molecule has 4 aromatic rings. The molecule has 0 atom stereocenters. The lowest BCUT2D eigenvalue weighted by atomic mass is 10.1. The van der Waals surface area contributed by atoms with Gasteiger partial charge in [-0.25, -0.2) is 9.97 Å². The second-order valence-corrected chi connectivity index (χ2v) is 7.23. The number of benzene rings is 2. The second kappa shape index (κ2) is 9.23. The highest BCUT2D eigenvalue weighted by molar-refractivity contribution is 6.06. The molecule has 8 heteroatoms. The van der Waals surface area contributed by atoms with E-state index in [-0.39, 0.29) is 11.5 Å². The predicted molar refractivity (Wildman–Crippen MR) is 127 cm³/mol. The Kier molecular flexibility index (Phi) is 6.05. The van der Waals surface area contributed by atoms with Gasteiger partial charge in [0.15, 0.2) is 11.5 Å². The Morgan fingerprint density at radius 2 is 1.72 bits per heavy atom. The van der Waals surface area contributed by atoms with Crippen molar-refractivity contribution in [1.82, 2.24) is 15.0 Å². The van der Waals surface area contributed by atoms with Crippen LogP contribution in [0.2, 0.25) is 0 Å². The molecule has 4 rings (SSSR count). The summed E-state index contributed by atoms with van der Waals surface area (Å²) in [5.74, 6) is -0.431. The summed E-state index contributed by atoms with van der Waals surface area (Å²) in [7, 11) is 0. The third kappa shape index (κ3) is 4.55. The van der Waals surface area contributed by atoms with Crippen LogP contribution in [0.3, 0.4) is 0 Å². The number of nitrogens with two attached hydrogens (primary N) is 3. The van der Waals surface area contributed by atoms with Crippen LogP contribution in [-0.4, -0.2) is 27.4 Å². The predicted octanol–water partition coefficient (Wildman–Crippen LogP) is 3.12. The molecule has 1 amide bonds. The Hall–Kier alpha value is -4.30. The number of pyridine rings is 1. The normalized spacial score (nSPS) is 10.7. The van der Waals surface area contributed by atoms with E-state index >= 15 is 0 Å². The molecular formula is C24H23N7O. The van der Waals surface area contributed by atoms with E-state index in [9.17, 15) is 4.79 Å². The van der Waals surface area contributed by atoms with E-state index < -0.39 is 5.91 Å². The first-order valence-corrected chi connectivity index (χ1v) is 10.1. The van der Waals surface area contributed by atoms with Gasteiger partial charge in [-0.1, -0.05) is 42.5 Å². The molecule has 0 bridgehead atoms. The van der Waals surface area contributed by atoms with Crippen LogP contribution in [0.1, 0.15) is 16.1 Å². The molecule has 0 unspecified atom stereocenters. The molecule has 2 aromatic carbocycles. The van der Waals surface area contributed by atoms with Crippen molar-refractivity contribution in [3.8, 4) is 22.4 Å². The molecule has 0 saturated carbocycles. The van der Waals surface area contributed by atoms with Crippen molar-refractivity contribution >= 4 is 23.1 Å². The monoisotopic (exact) mass is 425 g/mol. The maximum Gasteiger partial charge on any atom is 0.278 e. The topological polar surface area (TPSA) is 146 Å². The number of nitrogens with zero attached hydrogens (tertiary/aromatic N) is 3. The molecule has 32 heavy (non-hydrogen) atoms. The lowest BCUT2D eigenvalue weighted by Gasteiger charge is -2.10. The van der Waals surface area contributed by atoms with Gasteiger partial charge in [-0.15, -0.1) is 0 Å². The molecule has 0 radical (unpaired) electrons. The average Bonchev–Trinajstić information content (AvgIpc) is 2.80. The van der Waals surface area contributed by atoms with Gasteiger partial charge < -0.3 is 22.5 Å². The highest BCUT2D eigenvalue weighted by Gasteiger charge is 2.16. The highest BCUT2D eigenvalue weighted by Crippen LogP contribution is 2.27. The number of hydrogen-bond donors (Lipinski definition) is 4. The summed E-state index contributed by atoms with van der Waals surface area (Å²) in [5.41, 5.74) is 22.9. The number of para-hydroxylation sites is 1. The molecule has 0 saturated heterocycles. The molecule has 2 heterocycles. The first-order chi connectivity index (χ1) is 15.5. The van der Waals surface area contributed by atoms with Gasteiger partial charge in [0.2, 0.25) is 0 Å².